The molecule has 2 fully saturated rings. The molecule has 0 bridgehead atoms. The van der Waals surface area contributed by atoms with Crippen LogP contribution in [0, 0.1) is 0 Å². The minimum absolute atomic E-state index is 0.184. The van der Waals surface area contributed by atoms with Crippen molar-refractivity contribution in [3.05, 3.63) is 70.2 Å². The fourth-order valence-electron chi connectivity index (χ4n) is 5.11. The molecule has 3 amide bonds. The van der Waals surface area contributed by atoms with Gasteiger partial charge in [-0.3, -0.25) is 14.4 Å². The highest BCUT2D eigenvalue weighted by Crippen LogP contribution is 2.22. The Hall–Kier alpha value is -2.64. The van der Waals surface area contributed by atoms with Gasteiger partial charge in [0.2, 0.25) is 27.7 Å². The summed E-state index contributed by atoms with van der Waals surface area (Å²) < 4.78 is 28.8. The Morgan fingerprint density at radius 2 is 1.78 bits per heavy atom. The van der Waals surface area contributed by atoms with E-state index in [1.807, 2.05) is 0 Å². The summed E-state index contributed by atoms with van der Waals surface area (Å²) in [6, 6.07) is 11.8. The van der Waals surface area contributed by atoms with E-state index in [0.717, 1.165) is 22.6 Å². The van der Waals surface area contributed by atoms with Crippen molar-refractivity contribution >= 4 is 51.1 Å². The highest BCUT2D eigenvalue weighted by atomic mass is 35.5. The Labute approximate surface area is 250 Å². The molecule has 0 saturated carbocycles. The van der Waals surface area contributed by atoms with Crippen LogP contribution in [0.3, 0.4) is 0 Å². The number of carbonyl (C=O) groups excluding carboxylic acids is 3. The number of thioether (sulfide) groups is 1. The molecule has 0 radical (unpaired) electrons. The molecular formula is C28H36ClN5O5S2. The Morgan fingerprint density at radius 3 is 2.49 bits per heavy atom. The van der Waals surface area contributed by atoms with Crippen LogP contribution in [0.5, 0.6) is 0 Å². The molecule has 13 heteroatoms. The molecule has 2 saturated heterocycles. The second kappa shape index (κ2) is 14.5. The molecule has 4 rings (SSSR count). The fourth-order valence-corrected chi connectivity index (χ4v) is 7.54. The molecule has 2 aromatic rings. The molecule has 2 aromatic carbocycles. The Kier molecular flexibility index (Phi) is 11.1. The van der Waals surface area contributed by atoms with Gasteiger partial charge in [0.05, 0.1) is 12.2 Å². The lowest BCUT2D eigenvalue weighted by Gasteiger charge is -2.31. The molecule has 2 unspecified atom stereocenters. The second-order valence-corrected chi connectivity index (χ2v) is 13.6. The fraction of sp³-hybridized carbons (Fsp3) is 0.464. The van der Waals surface area contributed by atoms with E-state index in [-0.39, 0.29) is 43.6 Å². The molecular weight excluding hydrogens is 586 g/mol. The van der Waals surface area contributed by atoms with E-state index < -0.39 is 28.0 Å². The summed E-state index contributed by atoms with van der Waals surface area (Å²) in [6.45, 7) is 1.84. The molecule has 0 spiro atoms. The zero-order valence-corrected chi connectivity index (χ0v) is 25.1. The number of hydrogen-bond donors (Lipinski definition) is 3. The van der Waals surface area contributed by atoms with Gasteiger partial charge < -0.3 is 20.9 Å². The lowest BCUT2D eigenvalue weighted by Crippen LogP contribution is -2.55. The van der Waals surface area contributed by atoms with Crippen molar-refractivity contribution in [3.8, 4) is 0 Å². The van der Waals surface area contributed by atoms with E-state index in [9.17, 15) is 22.8 Å². The molecule has 0 aromatic heterocycles. The van der Waals surface area contributed by atoms with E-state index in [1.54, 1.807) is 65.2 Å². The number of amides is 3. The van der Waals surface area contributed by atoms with Crippen LogP contribution < -0.4 is 15.8 Å². The van der Waals surface area contributed by atoms with Gasteiger partial charge in [0.1, 0.15) is 12.1 Å². The van der Waals surface area contributed by atoms with Gasteiger partial charge in [-0.2, -0.15) is 11.8 Å². The predicted molar refractivity (Wildman–Crippen MR) is 160 cm³/mol. The van der Waals surface area contributed by atoms with Gasteiger partial charge in [0, 0.05) is 49.3 Å². The third-order valence-electron chi connectivity index (χ3n) is 7.24. The van der Waals surface area contributed by atoms with Crippen LogP contribution in [0.2, 0.25) is 5.02 Å². The number of nitrogens with zero attached hydrogens (tertiary/aromatic N) is 2. The zero-order valence-electron chi connectivity index (χ0n) is 22.8. The van der Waals surface area contributed by atoms with Crippen LogP contribution in [0.15, 0.2) is 48.5 Å². The highest BCUT2D eigenvalue weighted by molar-refractivity contribution is 7.99. The minimum atomic E-state index is -3.98. The molecule has 2 atom stereocenters. The number of hydrogen-bond acceptors (Lipinski definition) is 7. The van der Waals surface area contributed by atoms with Crippen LogP contribution in [-0.4, -0.2) is 79.2 Å². The third-order valence-corrected chi connectivity index (χ3v) is 9.78. The van der Waals surface area contributed by atoms with Crippen molar-refractivity contribution in [3.63, 3.8) is 0 Å². The largest absolute Gasteiger partial charge is 0.350 e. The average Bonchev–Trinajstić information content (AvgIpc) is 3.46. The lowest BCUT2D eigenvalue weighted by atomic mass is 10.1. The van der Waals surface area contributed by atoms with Crippen LogP contribution >= 0.6 is 23.4 Å². The molecule has 2 aliphatic heterocycles. The topological polar surface area (TPSA) is 142 Å². The summed E-state index contributed by atoms with van der Waals surface area (Å²) in [4.78, 5) is 43.3. The summed E-state index contributed by atoms with van der Waals surface area (Å²) >= 11 is 7.87. The van der Waals surface area contributed by atoms with Crippen LogP contribution in [0.4, 0.5) is 0 Å². The van der Waals surface area contributed by atoms with Gasteiger partial charge in [0.25, 0.3) is 0 Å². The van der Waals surface area contributed by atoms with Crippen molar-refractivity contribution in [2.75, 3.05) is 31.1 Å². The lowest BCUT2D eigenvalue weighted by molar-refractivity contribution is -0.142. The third kappa shape index (κ3) is 8.68. The number of benzene rings is 2. The first kappa shape index (κ1) is 31.3. The summed E-state index contributed by atoms with van der Waals surface area (Å²) in [6.07, 6.45) is 0.693. The van der Waals surface area contributed by atoms with Crippen LogP contribution in [-0.2, 0) is 43.2 Å². The number of halogens is 1. The molecule has 222 valence electrons. The van der Waals surface area contributed by atoms with Crippen molar-refractivity contribution in [1.29, 1.82) is 0 Å². The SMILES string of the molecule is NCc1ccc(Cl)cc1CNC(=O)C1CCCN1C(=O)C(CC(=O)N1CCSCC1)NS(=O)(=O)Cc1ccccc1. The molecule has 4 N–H and O–H groups in total. The molecule has 2 heterocycles. The van der Waals surface area contributed by atoms with Gasteiger partial charge >= 0.3 is 0 Å². The maximum Gasteiger partial charge on any atom is 0.243 e. The van der Waals surface area contributed by atoms with Gasteiger partial charge in [0.15, 0.2) is 0 Å². The molecule has 41 heavy (non-hydrogen) atoms. The van der Waals surface area contributed by atoms with Gasteiger partial charge in [-0.25, -0.2) is 13.1 Å². The van der Waals surface area contributed by atoms with E-state index in [1.165, 1.54) is 4.90 Å². The number of sulfonamides is 1. The van der Waals surface area contributed by atoms with Crippen molar-refractivity contribution in [2.24, 2.45) is 5.73 Å². The number of nitrogens with two attached hydrogens (primary N) is 1. The van der Waals surface area contributed by atoms with Crippen molar-refractivity contribution < 1.29 is 22.8 Å². The van der Waals surface area contributed by atoms with Crippen LogP contribution in [0.25, 0.3) is 0 Å². The smallest absolute Gasteiger partial charge is 0.243 e. The van der Waals surface area contributed by atoms with Crippen molar-refractivity contribution in [1.82, 2.24) is 19.8 Å². The maximum absolute atomic E-state index is 13.8. The first-order valence-electron chi connectivity index (χ1n) is 13.6. The van der Waals surface area contributed by atoms with E-state index in [4.69, 9.17) is 17.3 Å². The van der Waals surface area contributed by atoms with E-state index in [0.29, 0.717) is 36.5 Å². The zero-order chi connectivity index (χ0) is 29.4. The van der Waals surface area contributed by atoms with Gasteiger partial charge in [-0.05, 0) is 41.7 Å². The van der Waals surface area contributed by atoms with Gasteiger partial charge in [-0.1, -0.05) is 48.0 Å². The summed E-state index contributed by atoms with van der Waals surface area (Å²) in [5.41, 5.74) is 8.00. The normalized spacial score (nSPS) is 18.2. The van der Waals surface area contributed by atoms with E-state index in [2.05, 4.69) is 10.0 Å². The number of nitrogens with one attached hydrogen (secondary N) is 2. The quantitative estimate of drug-likeness (QED) is 0.348. The first-order valence-corrected chi connectivity index (χ1v) is 16.8. The number of rotatable bonds is 11. The minimum Gasteiger partial charge on any atom is -0.350 e. The molecule has 2 aliphatic rings. The molecule has 10 nitrogen and oxygen atoms in total. The maximum atomic E-state index is 13.8. The average molecular weight is 622 g/mol. The summed E-state index contributed by atoms with van der Waals surface area (Å²) in [5.74, 6) is 0.0163. The Bertz CT molecular complexity index is 1340. The molecule has 0 aliphatic carbocycles. The Morgan fingerprint density at radius 1 is 1.05 bits per heavy atom. The summed E-state index contributed by atoms with van der Waals surface area (Å²) in [7, 11) is -3.98. The predicted octanol–water partition coefficient (Wildman–Crippen LogP) is 1.86. The number of likely N-dealkylation sites (tertiary alicyclic amines) is 1. The van der Waals surface area contributed by atoms with Crippen LogP contribution in [0.1, 0.15) is 36.0 Å². The summed E-state index contributed by atoms with van der Waals surface area (Å²) in [5, 5.41) is 3.40. The van der Waals surface area contributed by atoms with Crippen molar-refractivity contribution in [2.45, 2.75) is 50.2 Å². The Balaban J connectivity index is 1.49. The van der Waals surface area contributed by atoms with E-state index >= 15 is 0 Å². The second-order valence-electron chi connectivity index (χ2n) is 10.1. The van der Waals surface area contributed by atoms with Gasteiger partial charge in [-0.15, -0.1) is 0 Å². The number of carbonyl (C=O) groups is 3. The monoisotopic (exact) mass is 621 g/mol. The standard InChI is InChI=1S/C28H36ClN5O5S2/c29-23-9-8-21(17-30)22(15-23)18-31-27(36)25-7-4-10-34(25)28(37)24(16-26(35)33-11-13-40-14-12-33)32-41(38,39)19-20-5-2-1-3-6-20/h1-3,5-6,8-9,15,24-25,32H,4,7,10-14,16-19,30H2,(H,31,36). The highest BCUT2D eigenvalue weighted by Gasteiger charge is 2.39. The first-order chi connectivity index (χ1) is 19.7.